The standard InChI is InChI=1S/C20H23N5O2S/c1-27-17-7-3-2-6-16(17)14-21-18(26)15-8-12-25(13-9-15)20-23-22-19(28-20)24-10-4-5-11-24/h2-7,10-11,15H,8-9,12-14H2,1H3,(H,21,26). The molecule has 2 aromatic heterocycles. The third-order valence-corrected chi connectivity index (χ3v) is 6.01. The van der Waals surface area contributed by atoms with Crippen LogP contribution in [0.2, 0.25) is 0 Å². The zero-order chi connectivity index (χ0) is 19.3. The fourth-order valence-electron chi connectivity index (χ4n) is 3.41. The average Bonchev–Trinajstić information content (AvgIpc) is 3.44. The Hall–Kier alpha value is -2.87. The summed E-state index contributed by atoms with van der Waals surface area (Å²) in [7, 11) is 1.64. The van der Waals surface area contributed by atoms with Gasteiger partial charge in [0.1, 0.15) is 5.75 Å². The van der Waals surface area contributed by atoms with Gasteiger partial charge in [-0.1, -0.05) is 29.5 Å². The molecule has 8 heteroatoms. The first-order valence-corrected chi connectivity index (χ1v) is 10.2. The molecule has 1 N–H and O–H groups in total. The molecule has 0 unspecified atom stereocenters. The van der Waals surface area contributed by atoms with Gasteiger partial charge in [0.05, 0.1) is 7.11 Å². The predicted molar refractivity (Wildman–Crippen MR) is 109 cm³/mol. The van der Waals surface area contributed by atoms with E-state index in [1.807, 2.05) is 53.4 Å². The second kappa shape index (κ2) is 8.43. The van der Waals surface area contributed by atoms with Gasteiger partial charge in [-0.15, -0.1) is 10.2 Å². The number of carbonyl (C=O) groups is 1. The number of amides is 1. The molecule has 0 atom stereocenters. The van der Waals surface area contributed by atoms with Crippen molar-refractivity contribution in [2.45, 2.75) is 19.4 Å². The van der Waals surface area contributed by atoms with E-state index in [2.05, 4.69) is 20.4 Å². The van der Waals surface area contributed by atoms with Crippen molar-refractivity contribution in [2.75, 3.05) is 25.1 Å². The molecule has 1 aromatic carbocycles. The number of hydrogen-bond donors (Lipinski definition) is 1. The van der Waals surface area contributed by atoms with Gasteiger partial charge in [-0.25, -0.2) is 0 Å². The molecule has 3 aromatic rings. The molecule has 0 saturated carbocycles. The van der Waals surface area contributed by atoms with E-state index in [9.17, 15) is 4.79 Å². The monoisotopic (exact) mass is 397 g/mol. The first-order valence-electron chi connectivity index (χ1n) is 9.36. The number of anilines is 1. The summed E-state index contributed by atoms with van der Waals surface area (Å²) in [5, 5.41) is 13.4. The lowest BCUT2D eigenvalue weighted by atomic mass is 9.96. The molecule has 0 spiro atoms. The molecule has 1 saturated heterocycles. The van der Waals surface area contributed by atoms with Crippen LogP contribution < -0.4 is 15.0 Å². The summed E-state index contributed by atoms with van der Waals surface area (Å²) in [5.41, 5.74) is 0.988. The van der Waals surface area contributed by atoms with Gasteiger partial charge in [-0.3, -0.25) is 9.36 Å². The quantitative estimate of drug-likeness (QED) is 0.692. The van der Waals surface area contributed by atoms with E-state index in [0.29, 0.717) is 6.54 Å². The van der Waals surface area contributed by atoms with Crippen molar-refractivity contribution in [1.82, 2.24) is 20.1 Å². The van der Waals surface area contributed by atoms with Crippen LogP contribution in [0.4, 0.5) is 5.13 Å². The van der Waals surface area contributed by atoms with Gasteiger partial charge < -0.3 is 15.0 Å². The molecular formula is C20H23N5O2S. The SMILES string of the molecule is COc1ccccc1CNC(=O)C1CCN(c2nnc(-n3cccc3)s2)CC1. The molecule has 0 radical (unpaired) electrons. The number of hydrogen-bond acceptors (Lipinski definition) is 6. The van der Waals surface area contributed by atoms with E-state index >= 15 is 0 Å². The van der Waals surface area contributed by atoms with Crippen LogP contribution in [0.3, 0.4) is 0 Å². The molecule has 0 bridgehead atoms. The molecular weight excluding hydrogens is 374 g/mol. The third kappa shape index (κ3) is 4.01. The fourth-order valence-corrected chi connectivity index (χ4v) is 4.28. The Balaban J connectivity index is 1.29. The summed E-state index contributed by atoms with van der Waals surface area (Å²) in [6.07, 6.45) is 5.55. The van der Waals surface area contributed by atoms with Gasteiger partial charge in [0, 0.05) is 43.5 Å². The first-order chi connectivity index (χ1) is 13.7. The van der Waals surface area contributed by atoms with Crippen LogP contribution in [0.15, 0.2) is 48.8 Å². The van der Waals surface area contributed by atoms with Crippen molar-refractivity contribution in [3.63, 3.8) is 0 Å². The van der Waals surface area contributed by atoms with Crippen LogP contribution >= 0.6 is 11.3 Å². The number of ether oxygens (including phenoxy) is 1. The zero-order valence-electron chi connectivity index (χ0n) is 15.7. The van der Waals surface area contributed by atoms with Gasteiger partial charge >= 0.3 is 0 Å². The number of nitrogens with zero attached hydrogens (tertiary/aromatic N) is 4. The van der Waals surface area contributed by atoms with Gasteiger partial charge in [-0.2, -0.15) is 0 Å². The zero-order valence-corrected chi connectivity index (χ0v) is 16.6. The van der Waals surface area contributed by atoms with Crippen molar-refractivity contribution < 1.29 is 9.53 Å². The largest absolute Gasteiger partial charge is 0.496 e. The lowest BCUT2D eigenvalue weighted by molar-refractivity contribution is -0.125. The van der Waals surface area contributed by atoms with Crippen molar-refractivity contribution in [2.24, 2.45) is 5.92 Å². The van der Waals surface area contributed by atoms with E-state index in [1.165, 1.54) is 0 Å². The lowest BCUT2D eigenvalue weighted by Crippen LogP contribution is -2.40. The van der Waals surface area contributed by atoms with Crippen LogP contribution in [-0.4, -0.2) is 40.9 Å². The lowest BCUT2D eigenvalue weighted by Gasteiger charge is -2.30. The number of aromatic nitrogens is 3. The summed E-state index contributed by atoms with van der Waals surface area (Å²) < 4.78 is 7.30. The minimum Gasteiger partial charge on any atom is -0.496 e. The Morgan fingerprint density at radius 1 is 1.14 bits per heavy atom. The molecule has 1 fully saturated rings. The number of rotatable bonds is 6. The average molecular weight is 398 g/mol. The second-order valence-electron chi connectivity index (χ2n) is 6.75. The van der Waals surface area contributed by atoms with E-state index < -0.39 is 0 Å². The molecule has 0 aliphatic carbocycles. The maximum atomic E-state index is 12.6. The summed E-state index contributed by atoms with van der Waals surface area (Å²) in [4.78, 5) is 14.8. The van der Waals surface area contributed by atoms with Gasteiger partial charge in [0.15, 0.2) is 0 Å². The Kier molecular flexibility index (Phi) is 5.57. The Labute approximate surface area is 168 Å². The van der Waals surface area contributed by atoms with Gasteiger partial charge in [0.25, 0.3) is 0 Å². The minimum absolute atomic E-state index is 0.0304. The number of nitrogens with one attached hydrogen (secondary N) is 1. The fraction of sp³-hybridized carbons (Fsp3) is 0.350. The highest BCUT2D eigenvalue weighted by Gasteiger charge is 2.26. The third-order valence-electron chi connectivity index (χ3n) is 5.01. The molecule has 28 heavy (non-hydrogen) atoms. The van der Waals surface area contributed by atoms with Crippen molar-refractivity contribution in [3.8, 4) is 10.9 Å². The maximum absolute atomic E-state index is 12.6. The predicted octanol–water partition coefficient (Wildman–Crippen LogP) is 2.87. The summed E-state index contributed by atoms with van der Waals surface area (Å²) in [5.74, 6) is 0.936. The normalized spacial score (nSPS) is 14.8. The van der Waals surface area contributed by atoms with Crippen LogP contribution in [0.25, 0.3) is 5.13 Å². The van der Waals surface area contributed by atoms with E-state index in [4.69, 9.17) is 4.74 Å². The Morgan fingerprint density at radius 3 is 2.61 bits per heavy atom. The highest BCUT2D eigenvalue weighted by Crippen LogP contribution is 2.28. The van der Waals surface area contributed by atoms with Crippen LogP contribution in [-0.2, 0) is 11.3 Å². The van der Waals surface area contributed by atoms with Crippen molar-refractivity contribution >= 4 is 22.4 Å². The molecule has 146 valence electrons. The maximum Gasteiger partial charge on any atom is 0.223 e. The number of benzene rings is 1. The summed E-state index contributed by atoms with van der Waals surface area (Å²) >= 11 is 1.57. The highest BCUT2D eigenvalue weighted by molar-refractivity contribution is 7.17. The van der Waals surface area contributed by atoms with Crippen molar-refractivity contribution in [1.29, 1.82) is 0 Å². The van der Waals surface area contributed by atoms with E-state index in [-0.39, 0.29) is 11.8 Å². The van der Waals surface area contributed by atoms with E-state index in [1.54, 1.807) is 18.4 Å². The smallest absolute Gasteiger partial charge is 0.223 e. The summed E-state index contributed by atoms with van der Waals surface area (Å²) in [6, 6.07) is 11.7. The minimum atomic E-state index is 0.0304. The van der Waals surface area contributed by atoms with Crippen molar-refractivity contribution in [3.05, 3.63) is 54.4 Å². The molecule has 4 rings (SSSR count). The first kappa shape index (κ1) is 18.5. The molecule has 3 heterocycles. The number of methoxy groups -OCH3 is 1. The van der Waals surface area contributed by atoms with Crippen LogP contribution in [0, 0.1) is 5.92 Å². The molecule has 1 aliphatic rings. The number of piperidine rings is 1. The van der Waals surface area contributed by atoms with E-state index in [0.717, 1.165) is 47.5 Å². The Bertz CT molecular complexity index is 916. The molecule has 7 nitrogen and oxygen atoms in total. The molecule has 1 amide bonds. The van der Waals surface area contributed by atoms with Crippen LogP contribution in [0.1, 0.15) is 18.4 Å². The topological polar surface area (TPSA) is 72.3 Å². The number of para-hydroxylation sites is 1. The summed E-state index contributed by atoms with van der Waals surface area (Å²) in [6.45, 7) is 2.11. The highest BCUT2D eigenvalue weighted by atomic mass is 32.1. The molecule has 1 aliphatic heterocycles. The van der Waals surface area contributed by atoms with Gasteiger partial charge in [0.2, 0.25) is 16.2 Å². The number of carbonyl (C=O) groups excluding carboxylic acids is 1. The Morgan fingerprint density at radius 2 is 1.86 bits per heavy atom. The second-order valence-corrected chi connectivity index (χ2v) is 7.68. The van der Waals surface area contributed by atoms with Crippen LogP contribution in [0.5, 0.6) is 5.75 Å². The van der Waals surface area contributed by atoms with Gasteiger partial charge in [-0.05, 0) is 31.0 Å².